The number of benzene rings is 2. The van der Waals surface area contributed by atoms with Gasteiger partial charge < -0.3 is 10.6 Å². The molecule has 4 rings (SSSR count). The van der Waals surface area contributed by atoms with Gasteiger partial charge in [0.15, 0.2) is 5.16 Å². The van der Waals surface area contributed by atoms with Crippen LogP contribution in [0.3, 0.4) is 0 Å². The van der Waals surface area contributed by atoms with E-state index in [1.165, 1.54) is 28.5 Å². The van der Waals surface area contributed by atoms with E-state index in [0.29, 0.717) is 21.8 Å². The number of hydrogen-bond acceptors (Lipinski definition) is 6. The second-order valence-corrected chi connectivity index (χ2v) is 9.20. The number of nitrogens with one attached hydrogen (secondary N) is 2. The van der Waals surface area contributed by atoms with Crippen LogP contribution in [0, 0.1) is 5.82 Å². The SMILES string of the molecule is CC(C)NC(=O)CCn1c(=O)c2ccccc2n2c(SCC(=O)NCc3ccc(F)cc3)nnc12. The lowest BCUT2D eigenvalue weighted by atomic mass is 10.2. The van der Waals surface area contributed by atoms with Gasteiger partial charge >= 0.3 is 0 Å². The monoisotopic (exact) mass is 496 g/mol. The molecule has 2 aromatic heterocycles. The molecule has 2 aromatic carbocycles. The number of aromatic nitrogens is 4. The molecule has 0 aliphatic carbocycles. The number of fused-ring (bicyclic) bond motifs is 3. The number of thioether (sulfide) groups is 1. The number of carbonyl (C=O) groups excluding carboxylic acids is 2. The fraction of sp³-hybridized carbons (Fsp3) is 0.292. The van der Waals surface area contributed by atoms with Crippen LogP contribution in [0.15, 0.2) is 58.5 Å². The molecule has 182 valence electrons. The molecule has 35 heavy (non-hydrogen) atoms. The molecule has 0 aliphatic rings. The van der Waals surface area contributed by atoms with Crippen LogP contribution in [0.4, 0.5) is 4.39 Å². The lowest BCUT2D eigenvalue weighted by Crippen LogP contribution is -2.32. The lowest BCUT2D eigenvalue weighted by molar-refractivity contribution is -0.122. The summed E-state index contributed by atoms with van der Waals surface area (Å²) < 4.78 is 16.2. The molecule has 0 atom stereocenters. The zero-order chi connectivity index (χ0) is 24.9. The third kappa shape index (κ3) is 5.68. The molecule has 4 aromatic rings. The van der Waals surface area contributed by atoms with Crippen LogP contribution in [0.25, 0.3) is 16.7 Å². The van der Waals surface area contributed by atoms with Crippen LogP contribution in [0.2, 0.25) is 0 Å². The summed E-state index contributed by atoms with van der Waals surface area (Å²) in [5.41, 5.74) is 1.15. The van der Waals surface area contributed by atoms with Crippen molar-refractivity contribution in [2.24, 2.45) is 0 Å². The van der Waals surface area contributed by atoms with E-state index < -0.39 is 0 Å². The van der Waals surface area contributed by atoms with Crippen molar-refractivity contribution in [1.29, 1.82) is 0 Å². The van der Waals surface area contributed by atoms with Gasteiger partial charge in [0.05, 0.1) is 16.7 Å². The molecule has 0 saturated heterocycles. The molecule has 2 amide bonds. The highest BCUT2D eigenvalue weighted by Gasteiger charge is 2.18. The highest BCUT2D eigenvalue weighted by atomic mass is 32.2. The molecule has 2 N–H and O–H groups in total. The molecule has 11 heteroatoms. The number of amides is 2. The second kappa shape index (κ2) is 10.7. The Balaban J connectivity index is 1.55. The Hall–Kier alpha value is -3.73. The van der Waals surface area contributed by atoms with Crippen molar-refractivity contribution in [2.75, 3.05) is 5.75 Å². The van der Waals surface area contributed by atoms with Crippen LogP contribution in [-0.4, -0.2) is 42.8 Å². The standard InChI is InChI=1S/C24H25FN6O3S/c1-15(2)27-20(32)11-12-30-22(34)18-5-3-4-6-19(18)31-23(30)28-29-24(31)35-14-21(33)26-13-16-7-9-17(25)10-8-16/h3-10,15H,11-14H2,1-2H3,(H,26,33)(H,27,32). The molecule has 0 radical (unpaired) electrons. The van der Waals surface area contributed by atoms with Crippen molar-refractivity contribution in [3.05, 3.63) is 70.3 Å². The minimum Gasteiger partial charge on any atom is -0.354 e. The number of para-hydroxylation sites is 1. The van der Waals surface area contributed by atoms with Crippen LogP contribution in [0.5, 0.6) is 0 Å². The first-order valence-corrected chi connectivity index (χ1v) is 12.1. The van der Waals surface area contributed by atoms with Gasteiger partial charge in [-0.1, -0.05) is 36.0 Å². The first-order valence-electron chi connectivity index (χ1n) is 11.1. The lowest BCUT2D eigenvalue weighted by Gasteiger charge is -2.12. The van der Waals surface area contributed by atoms with Gasteiger partial charge in [0, 0.05) is 25.6 Å². The van der Waals surface area contributed by atoms with Crippen molar-refractivity contribution >= 4 is 40.3 Å². The minimum absolute atomic E-state index is 0.00106. The van der Waals surface area contributed by atoms with Crippen LogP contribution in [0.1, 0.15) is 25.8 Å². The topological polar surface area (TPSA) is 110 Å². The molecule has 0 aliphatic heterocycles. The summed E-state index contributed by atoms with van der Waals surface area (Å²) >= 11 is 1.19. The summed E-state index contributed by atoms with van der Waals surface area (Å²) in [5.74, 6) is -0.336. The molecule has 2 heterocycles. The minimum atomic E-state index is -0.333. The predicted molar refractivity (Wildman–Crippen MR) is 132 cm³/mol. The van der Waals surface area contributed by atoms with Gasteiger partial charge in [-0.3, -0.25) is 23.4 Å². The third-order valence-electron chi connectivity index (χ3n) is 5.23. The van der Waals surface area contributed by atoms with Gasteiger partial charge in [0.2, 0.25) is 17.6 Å². The van der Waals surface area contributed by atoms with E-state index in [1.54, 1.807) is 34.7 Å². The van der Waals surface area contributed by atoms with E-state index >= 15 is 0 Å². The summed E-state index contributed by atoms with van der Waals surface area (Å²) in [7, 11) is 0. The maximum absolute atomic E-state index is 13.1. The second-order valence-electron chi connectivity index (χ2n) is 8.26. The number of carbonyl (C=O) groups is 2. The summed E-state index contributed by atoms with van der Waals surface area (Å²) in [6, 6.07) is 13.0. The Morgan fingerprint density at radius 1 is 1.06 bits per heavy atom. The average Bonchev–Trinajstić information content (AvgIpc) is 3.26. The Bertz CT molecular complexity index is 1430. The number of halogens is 1. The molecule has 0 unspecified atom stereocenters. The predicted octanol–water partition coefficient (Wildman–Crippen LogP) is 2.51. The molecule has 9 nitrogen and oxygen atoms in total. The Morgan fingerprint density at radius 2 is 1.80 bits per heavy atom. The van der Waals surface area contributed by atoms with Crippen molar-refractivity contribution < 1.29 is 14.0 Å². The fourth-order valence-electron chi connectivity index (χ4n) is 3.62. The van der Waals surface area contributed by atoms with Crippen LogP contribution < -0.4 is 16.2 Å². The van der Waals surface area contributed by atoms with E-state index in [1.807, 2.05) is 19.9 Å². The highest BCUT2D eigenvalue weighted by Crippen LogP contribution is 2.21. The van der Waals surface area contributed by atoms with Crippen molar-refractivity contribution in [3.63, 3.8) is 0 Å². The van der Waals surface area contributed by atoms with Crippen LogP contribution >= 0.6 is 11.8 Å². The molecular formula is C24H25FN6O3S. The molecular weight excluding hydrogens is 471 g/mol. The van der Waals surface area contributed by atoms with E-state index in [2.05, 4.69) is 20.8 Å². The third-order valence-corrected chi connectivity index (χ3v) is 6.15. The normalized spacial score (nSPS) is 11.3. The summed E-state index contributed by atoms with van der Waals surface area (Å²) in [6.45, 7) is 4.17. The van der Waals surface area contributed by atoms with E-state index in [4.69, 9.17) is 0 Å². The van der Waals surface area contributed by atoms with E-state index in [9.17, 15) is 18.8 Å². The number of hydrogen-bond donors (Lipinski definition) is 2. The molecule has 0 fully saturated rings. The number of rotatable bonds is 9. The van der Waals surface area contributed by atoms with Crippen LogP contribution in [-0.2, 0) is 22.7 Å². The maximum atomic E-state index is 13.1. The van der Waals surface area contributed by atoms with Gasteiger partial charge in [0.1, 0.15) is 5.82 Å². The first-order chi connectivity index (χ1) is 16.8. The number of nitrogens with zero attached hydrogens (tertiary/aromatic N) is 4. The Kier molecular flexibility index (Phi) is 7.45. The summed E-state index contributed by atoms with van der Waals surface area (Å²) in [6.07, 6.45) is 0.118. The maximum Gasteiger partial charge on any atom is 0.262 e. The average molecular weight is 497 g/mol. The van der Waals surface area contributed by atoms with Gasteiger partial charge in [0.25, 0.3) is 5.56 Å². The zero-order valence-corrected chi connectivity index (χ0v) is 20.1. The summed E-state index contributed by atoms with van der Waals surface area (Å²) in [5, 5.41) is 15.0. The molecule has 0 saturated carbocycles. The van der Waals surface area contributed by atoms with E-state index in [0.717, 1.165) is 5.56 Å². The van der Waals surface area contributed by atoms with Crippen molar-refractivity contribution in [3.8, 4) is 0 Å². The number of aryl methyl sites for hydroxylation is 1. The zero-order valence-electron chi connectivity index (χ0n) is 19.3. The molecule has 0 bridgehead atoms. The first kappa shape index (κ1) is 24.4. The van der Waals surface area contributed by atoms with Gasteiger partial charge in [-0.15, -0.1) is 10.2 Å². The van der Waals surface area contributed by atoms with E-state index in [-0.39, 0.29) is 54.5 Å². The largest absolute Gasteiger partial charge is 0.354 e. The smallest absolute Gasteiger partial charge is 0.262 e. The van der Waals surface area contributed by atoms with Gasteiger partial charge in [-0.2, -0.15) is 0 Å². The Labute approximate surface area is 204 Å². The fourth-order valence-corrected chi connectivity index (χ4v) is 4.39. The molecule has 0 spiro atoms. The van der Waals surface area contributed by atoms with Gasteiger partial charge in [-0.25, -0.2) is 4.39 Å². The van der Waals surface area contributed by atoms with Crippen molar-refractivity contribution in [1.82, 2.24) is 29.8 Å². The van der Waals surface area contributed by atoms with Gasteiger partial charge in [-0.05, 0) is 43.7 Å². The highest BCUT2D eigenvalue weighted by molar-refractivity contribution is 7.99. The summed E-state index contributed by atoms with van der Waals surface area (Å²) in [4.78, 5) is 37.7. The quantitative estimate of drug-likeness (QED) is 0.345. The van der Waals surface area contributed by atoms with Crippen molar-refractivity contribution in [2.45, 2.75) is 44.6 Å². The Morgan fingerprint density at radius 3 is 2.54 bits per heavy atom.